The highest BCUT2D eigenvalue weighted by Crippen LogP contribution is 2.38. The molecule has 4 rings (SSSR count). The van der Waals surface area contributed by atoms with Crippen molar-refractivity contribution >= 4 is 44.1 Å². The molecule has 0 aliphatic rings. The molecule has 170 valence electrons. The number of furan rings is 1. The first kappa shape index (κ1) is 22.6. The van der Waals surface area contributed by atoms with Gasteiger partial charge in [-0.15, -0.1) is 0 Å². The maximum atomic E-state index is 13.0. The number of anilines is 1. The van der Waals surface area contributed by atoms with Gasteiger partial charge in [0.2, 0.25) is 0 Å². The molecular formula is C23H17ClFNO6S. The molecule has 0 amide bonds. The van der Waals surface area contributed by atoms with E-state index in [2.05, 4.69) is 5.32 Å². The second kappa shape index (κ2) is 8.76. The Labute approximate surface area is 193 Å². The van der Waals surface area contributed by atoms with Crippen LogP contribution in [0.3, 0.4) is 0 Å². The number of sulfone groups is 1. The fourth-order valence-corrected chi connectivity index (χ4v) is 3.84. The molecule has 0 saturated carbocycles. The number of carbonyl (C=O) groups is 1. The van der Waals surface area contributed by atoms with Gasteiger partial charge >= 0.3 is 5.97 Å². The number of benzene rings is 3. The maximum Gasteiger partial charge on any atom is 0.340 e. The molecule has 0 aliphatic carbocycles. The van der Waals surface area contributed by atoms with Gasteiger partial charge in [0.1, 0.15) is 40.1 Å². The van der Waals surface area contributed by atoms with Crippen molar-refractivity contribution in [1.29, 1.82) is 0 Å². The Hall–Kier alpha value is -3.56. The third kappa shape index (κ3) is 5.10. The molecule has 10 heteroatoms. The number of ether oxygens (including phenoxy) is 1. The third-order valence-corrected chi connectivity index (χ3v) is 5.66. The Morgan fingerprint density at radius 2 is 1.70 bits per heavy atom. The summed E-state index contributed by atoms with van der Waals surface area (Å²) < 4.78 is 47.4. The van der Waals surface area contributed by atoms with Gasteiger partial charge in [-0.2, -0.15) is 0 Å². The first-order valence-electron chi connectivity index (χ1n) is 9.55. The average Bonchev–Trinajstić information content (AvgIpc) is 3.12. The minimum Gasteiger partial charge on any atom is -0.478 e. The SMILES string of the molecule is CS(=O)(=O)CNc1cc2oc(-c3ccc(Oc4ccc(F)cc4)cc3)c(C(=O)O)c2cc1Cl. The van der Waals surface area contributed by atoms with Crippen LogP contribution >= 0.6 is 11.6 Å². The van der Waals surface area contributed by atoms with Crippen LogP contribution in [-0.4, -0.2) is 31.6 Å². The lowest BCUT2D eigenvalue weighted by molar-refractivity contribution is 0.0699. The van der Waals surface area contributed by atoms with E-state index in [1.807, 2.05) is 0 Å². The van der Waals surface area contributed by atoms with E-state index in [1.165, 1.54) is 36.4 Å². The largest absolute Gasteiger partial charge is 0.478 e. The summed E-state index contributed by atoms with van der Waals surface area (Å²) in [6, 6.07) is 14.9. The van der Waals surface area contributed by atoms with Gasteiger partial charge in [0.05, 0.1) is 10.7 Å². The Morgan fingerprint density at radius 3 is 2.27 bits per heavy atom. The zero-order valence-electron chi connectivity index (χ0n) is 17.1. The van der Waals surface area contributed by atoms with Crippen LogP contribution in [0.2, 0.25) is 5.02 Å². The monoisotopic (exact) mass is 489 g/mol. The first-order valence-corrected chi connectivity index (χ1v) is 12.0. The van der Waals surface area contributed by atoms with E-state index >= 15 is 0 Å². The van der Waals surface area contributed by atoms with E-state index in [9.17, 15) is 22.7 Å². The lowest BCUT2D eigenvalue weighted by Gasteiger charge is -2.07. The van der Waals surface area contributed by atoms with Crippen LogP contribution < -0.4 is 10.1 Å². The van der Waals surface area contributed by atoms with Crippen molar-refractivity contribution in [3.8, 4) is 22.8 Å². The van der Waals surface area contributed by atoms with E-state index in [1.54, 1.807) is 24.3 Å². The van der Waals surface area contributed by atoms with Crippen molar-refractivity contribution in [3.63, 3.8) is 0 Å². The lowest BCUT2D eigenvalue weighted by Crippen LogP contribution is -2.12. The Balaban J connectivity index is 1.69. The van der Waals surface area contributed by atoms with Crippen LogP contribution in [0.5, 0.6) is 11.5 Å². The fourth-order valence-electron chi connectivity index (χ4n) is 3.19. The summed E-state index contributed by atoms with van der Waals surface area (Å²) in [6.07, 6.45) is 1.07. The van der Waals surface area contributed by atoms with Gasteiger partial charge < -0.3 is 19.6 Å². The highest BCUT2D eigenvalue weighted by atomic mass is 35.5. The number of carboxylic acids is 1. The first-order chi connectivity index (χ1) is 15.6. The zero-order valence-corrected chi connectivity index (χ0v) is 18.7. The van der Waals surface area contributed by atoms with Gasteiger partial charge in [0, 0.05) is 23.3 Å². The van der Waals surface area contributed by atoms with E-state index in [0.717, 1.165) is 6.26 Å². The van der Waals surface area contributed by atoms with Crippen molar-refractivity contribution in [2.75, 3.05) is 17.4 Å². The van der Waals surface area contributed by atoms with Gasteiger partial charge in [-0.25, -0.2) is 17.6 Å². The topological polar surface area (TPSA) is 106 Å². The van der Waals surface area contributed by atoms with E-state index in [-0.39, 0.29) is 39.0 Å². The molecule has 1 aromatic heterocycles. The Morgan fingerprint density at radius 1 is 1.09 bits per heavy atom. The summed E-state index contributed by atoms with van der Waals surface area (Å²) in [6.45, 7) is 0. The molecular weight excluding hydrogens is 473 g/mol. The minimum absolute atomic E-state index is 0.0752. The molecule has 0 atom stereocenters. The summed E-state index contributed by atoms with van der Waals surface area (Å²) in [7, 11) is -3.31. The summed E-state index contributed by atoms with van der Waals surface area (Å²) >= 11 is 6.24. The summed E-state index contributed by atoms with van der Waals surface area (Å²) in [5.74, 6) is -0.895. The van der Waals surface area contributed by atoms with Crippen LogP contribution in [0.15, 0.2) is 65.1 Å². The molecule has 33 heavy (non-hydrogen) atoms. The van der Waals surface area contributed by atoms with Crippen LogP contribution in [0.1, 0.15) is 10.4 Å². The quantitative estimate of drug-likeness (QED) is 0.338. The molecule has 0 aliphatic heterocycles. The molecule has 3 aromatic carbocycles. The van der Waals surface area contributed by atoms with Gasteiger partial charge in [0.15, 0.2) is 9.84 Å². The second-order valence-electron chi connectivity index (χ2n) is 7.27. The zero-order chi connectivity index (χ0) is 23.8. The number of fused-ring (bicyclic) bond motifs is 1. The molecule has 0 fully saturated rings. The van der Waals surface area contributed by atoms with Crippen LogP contribution in [0.4, 0.5) is 10.1 Å². The number of hydrogen-bond acceptors (Lipinski definition) is 6. The van der Waals surface area contributed by atoms with Gasteiger partial charge in [0.25, 0.3) is 0 Å². The van der Waals surface area contributed by atoms with Crippen molar-refractivity contribution in [1.82, 2.24) is 0 Å². The van der Waals surface area contributed by atoms with Crippen molar-refractivity contribution in [2.24, 2.45) is 0 Å². The number of rotatable bonds is 7. The molecule has 4 aromatic rings. The highest BCUT2D eigenvalue weighted by molar-refractivity contribution is 7.90. The molecule has 7 nitrogen and oxygen atoms in total. The predicted octanol–water partition coefficient (Wildman–Crippen LogP) is 5.80. The van der Waals surface area contributed by atoms with Gasteiger partial charge in [-0.05, 0) is 54.6 Å². The molecule has 0 radical (unpaired) electrons. The van der Waals surface area contributed by atoms with E-state index < -0.39 is 15.8 Å². The smallest absolute Gasteiger partial charge is 0.340 e. The number of halogens is 2. The molecule has 0 unspecified atom stereocenters. The van der Waals surface area contributed by atoms with Gasteiger partial charge in [-0.1, -0.05) is 11.6 Å². The molecule has 0 spiro atoms. The molecule has 2 N–H and O–H groups in total. The van der Waals surface area contributed by atoms with E-state index in [4.69, 9.17) is 20.8 Å². The molecule has 1 heterocycles. The second-order valence-corrected chi connectivity index (χ2v) is 9.81. The number of carboxylic acid groups (broad SMARTS) is 1. The fraction of sp³-hybridized carbons (Fsp3) is 0.0870. The standard InChI is InChI=1S/C23H17ClFNO6S/c1-33(29,30)12-26-19-11-20-17(10-18(19)24)21(23(27)28)22(32-20)13-2-6-15(7-3-13)31-16-8-4-14(25)5-9-16/h2-11,26H,12H2,1H3,(H,27,28). The Bertz CT molecular complexity index is 1450. The molecule has 0 bridgehead atoms. The van der Waals surface area contributed by atoms with Crippen molar-refractivity contribution < 1.29 is 31.9 Å². The average molecular weight is 490 g/mol. The normalized spacial score (nSPS) is 11.5. The van der Waals surface area contributed by atoms with Crippen molar-refractivity contribution in [2.45, 2.75) is 0 Å². The van der Waals surface area contributed by atoms with Crippen LogP contribution in [-0.2, 0) is 9.84 Å². The minimum atomic E-state index is -3.31. The van der Waals surface area contributed by atoms with Gasteiger partial charge in [-0.3, -0.25) is 0 Å². The Kier molecular flexibility index (Phi) is 6.01. The number of nitrogens with one attached hydrogen (secondary N) is 1. The number of aromatic carboxylic acids is 1. The van der Waals surface area contributed by atoms with Crippen LogP contribution in [0, 0.1) is 5.82 Å². The predicted molar refractivity (Wildman–Crippen MR) is 123 cm³/mol. The summed E-state index contributed by atoms with van der Waals surface area (Å²) in [5.41, 5.74) is 0.940. The molecule has 0 saturated heterocycles. The van der Waals surface area contributed by atoms with E-state index in [0.29, 0.717) is 22.7 Å². The summed E-state index contributed by atoms with van der Waals surface area (Å²) in [4.78, 5) is 12.0. The summed E-state index contributed by atoms with van der Waals surface area (Å²) in [5, 5.41) is 12.9. The van der Waals surface area contributed by atoms with Crippen molar-refractivity contribution in [3.05, 3.63) is 77.1 Å². The van der Waals surface area contributed by atoms with Crippen LogP contribution in [0.25, 0.3) is 22.3 Å². The number of hydrogen-bond donors (Lipinski definition) is 2. The maximum absolute atomic E-state index is 13.0. The highest BCUT2D eigenvalue weighted by Gasteiger charge is 2.23. The third-order valence-electron chi connectivity index (χ3n) is 4.68. The lowest BCUT2D eigenvalue weighted by atomic mass is 10.1.